The number of hydrogen-bond acceptors (Lipinski definition) is 5. The van der Waals surface area contributed by atoms with Crippen LogP contribution in [-0.2, 0) is 11.8 Å². The Bertz CT molecular complexity index is 333. The normalized spacial score (nSPS) is 21.1. The second kappa shape index (κ2) is 3.97. The van der Waals surface area contributed by atoms with Crippen LogP contribution in [0.3, 0.4) is 0 Å². The molecule has 1 aliphatic heterocycles. The summed E-state index contributed by atoms with van der Waals surface area (Å²) in [4.78, 5) is 15.5. The molecule has 0 bridgehead atoms. The Morgan fingerprint density at radius 1 is 1.86 bits per heavy atom. The third-order valence-electron chi connectivity index (χ3n) is 1.98. The molecule has 1 aliphatic rings. The van der Waals surface area contributed by atoms with E-state index in [4.69, 9.17) is 0 Å². The van der Waals surface area contributed by atoms with Gasteiger partial charge in [0.05, 0.1) is 6.04 Å². The van der Waals surface area contributed by atoms with Crippen molar-refractivity contribution in [1.82, 2.24) is 20.1 Å². The first kappa shape index (κ1) is 9.47. The molecular weight excluding hydrogens is 202 g/mol. The minimum Gasteiger partial charge on any atom is -0.296 e. The van der Waals surface area contributed by atoms with Crippen molar-refractivity contribution in [3.63, 3.8) is 0 Å². The van der Waals surface area contributed by atoms with Gasteiger partial charge in [-0.1, -0.05) is 0 Å². The van der Waals surface area contributed by atoms with Crippen molar-refractivity contribution in [3.05, 3.63) is 6.33 Å². The van der Waals surface area contributed by atoms with E-state index in [-0.39, 0.29) is 11.9 Å². The highest BCUT2D eigenvalue weighted by atomic mass is 32.2. The van der Waals surface area contributed by atoms with Crippen molar-refractivity contribution in [2.24, 2.45) is 7.05 Å². The molecule has 1 unspecified atom stereocenters. The third-order valence-corrected chi connectivity index (χ3v) is 2.92. The smallest absolute Gasteiger partial charge is 0.244 e. The molecule has 2 heterocycles. The fraction of sp³-hybridized carbons (Fsp3) is 0.571. The Kier molecular flexibility index (Phi) is 2.69. The Morgan fingerprint density at radius 2 is 2.71 bits per heavy atom. The van der Waals surface area contributed by atoms with Crippen LogP contribution in [0, 0.1) is 0 Å². The Labute approximate surface area is 85.5 Å². The van der Waals surface area contributed by atoms with Gasteiger partial charge in [-0.15, -0.1) is 11.8 Å². The molecule has 6 nitrogen and oxygen atoms in total. The number of thioether (sulfide) groups is 1. The SMILES string of the molecule is Cn1ncnc1NC(=O)C1CSCN1. The maximum Gasteiger partial charge on any atom is 0.244 e. The third kappa shape index (κ3) is 1.88. The zero-order valence-electron chi connectivity index (χ0n) is 7.73. The maximum absolute atomic E-state index is 11.6. The molecule has 76 valence electrons. The number of amides is 1. The summed E-state index contributed by atoms with van der Waals surface area (Å²) in [6, 6.07) is -0.114. The molecule has 7 heteroatoms. The summed E-state index contributed by atoms with van der Waals surface area (Å²) in [6.07, 6.45) is 1.41. The molecule has 1 aromatic heterocycles. The molecule has 0 saturated carbocycles. The number of hydrogen-bond donors (Lipinski definition) is 2. The molecule has 2 rings (SSSR count). The van der Waals surface area contributed by atoms with E-state index in [1.54, 1.807) is 18.8 Å². The highest BCUT2D eigenvalue weighted by molar-refractivity contribution is 7.99. The molecule has 14 heavy (non-hydrogen) atoms. The first-order valence-corrected chi connectivity index (χ1v) is 5.39. The van der Waals surface area contributed by atoms with E-state index in [0.29, 0.717) is 5.95 Å². The monoisotopic (exact) mass is 213 g/mol. The van der Waals surface area contributed by atoms with Gasteiger partial charge in [0.15, 0.2) is 0 Å². The molecule has 0 aromatic carbocycles. The molecule has 1 saturated heterocycles. The summed E-state index contributed by atoms with van der Waals surface area (Å²) in [5, 5.41) is 9.65. The van der Waals surface area contributed by atoms with Gasteiger partial charge in [0.2, 0.25) is 11.9 Å². The number of nitrogens with zero attached hydrogens (tertiary/aromatic N) is 3. The van der Waals surface area contributed by atoms with Crippen LogP contribution in [0.25, 0.3) is 0 Å². The molecule has 0 aliphatic carbocycles. The van der Waals surface area contributed by atoms with E-state index >= 15 is 0 Å². The van der Waals surface area contributed by atoms with Crippen LogP contribution < -0.4 is 10.6 Å². The Hall–Kier alpha value is -1.08. The first-order valence-electron chi connectivity index (χ1n) is 4.23. The van der Waals surface area contributed by atoms with Gasteiger partial charge in [-0.3, -0.25) is 15.4 Å². The largest absolute Gasteiger partial charge is 0.296 e. The van der Waals surface area contributed by atoms with Crippen LogP contribution in [0.2, 0.25) is 0 Å². The average molecular weight is 213 g/mol. The second-order valence-electron chi connectivity index (χ2n) is 2.97. The lowest BCUT2D eigenvalue weighted by Gasteiger charge is -2.08. The molecule has 1 atom stereocenters. The van der Waals surface area contributed by atoms with Crippen LogP contribution in [0.4, 0.5) is 5.95 Å². The van der Waals surface area contributed by atoms with Crippen molar-refractivity contribution >= 4 is 23.6 Å². The number of anilines is 1. The van der Waals surface area contributed by atoms with Gasteiger partial charge in [0, 0.05) is 18.7 Å². The van der Waals surface area contributed by atoms with Gasteiger partial charge >= 0.3 is 0 Å². The molecular formula is C7H11N5OS. The van der Waals surface area contributed by atoms with E-state index in [1.165, 1.54) is 11.0 Å². The maximum atomic E-state index is 11.6. The Balaban J connectivity index is 1.97. The first-order chi connectivity index (χ1) is 6.77. The summed E-state index contributed by atoms with van der Waals surface area (Å²) in [5.74, 6) is 2.07. The molecule has 0 spiro atoms. The average Bonchev–Trinajstić information content (AvgIpc) is 2.77. The fourth-order valence-corrected chi connectivity index (χ4v) is 2.11. The second-order valence-corrected chi connectivity index (χ2v) is 4.00. The van der Waals surface area contributed by atoms with Crippen LogP contribution in [0.1, 0.15) is 0 Å². The van der Waals surface area contributed by atoms with Gasteiger partial charge in [0.25, 0.3) is 0 Å². The van der Waals surface area contributed by atoms with E-state index in [0.717, 1.165) is 11.6 Å². The molecule has 1 amide bonds. The van der Waals surface area contributed by atoms with E-state index < -0.39 is 0 Å². The lowest BCUT2D eigenvalue weighted by atomic mass is 10.3. The number of nitrogens with one attached hydrogen (secondary N) is 2. The summed E-state index contributed by atoms with van der Waals surface area (Å²) in [7, 11) is 1.74. The van der Waals surface area contributed by atoms with Crippen molar-refractivity contribution < 1.29 is 4.79 Å². The van der Waals surface area contributed by atoms with Crippen molar-refractivity contribution in [3.8, 4) is 0 Å². The zero-order chi connectivity index (χ0) is 9.97. The van der Waals surface area contributed by atoms with Crippen LogP contribution in [-0.4, -0.2) is 38.3 Å². The Morgan fingerprint density at radius 3 is 3.29 bits per heavy atom. The van der Waals surface area contributed by atoms with Gasteiger partial charge in [-0.05, 0) is 0 Å². The van der Waals surface area contributed by atoms with Crippen LogP contribution in [0.5, 0.6) is 0 Å². The van der Waals surface area contributed by atoms with Gasteiger partial charge < -0.3 is 0 Å². The fourth-order valence-electron chi connectivity index (χ4n) is 1.17. The van der Waals surface area contributed by atoms with Crippen molar-refractivity contribution in [2.75, 3.05) is 16.9 Å². The number of aromatic nitrogens is 3. The van der Waals surface area contributed by atoms with Crippen LogP contribution >= 0.6 is 11.8 Å². The highest BCUT2D eigenvalue weighted by Gasteiger charge is 2.23. The quantitative estimate of drug-likeness (QED) is 0.687. The highest BCUT2D eigenvalue weighted by Crippen LogP contribution is 2.10. The number of carbonyl (C=O) groups excluding carboxylic acids is 1. The minimum atomic E-state index is -0.114. The summed E-state index contributed by atoms with van der Waals surface area (Å²) in [5.41, 5.74) is 0. The van der Waals surface area contributed by atoms with Gasteiger partial charge in [0.1, 0.15) is 6.33 Å². The van der Waals surface area contributed by atoms with Gasteiger partial charge in [-0.25, -0.2) is 4.68 Å². The predicted octanol–water partition coefficient (Wildman–Crippen LogP) is -0.584. The lowest BCUT2D eigenvalue weighted by Crippen LogP contribution is -2.38. The number of carbonyl (C=O) groups is 1. The molecule has 1 aromatic rings. The molecule has 0 radical (unpaired) electrons. The standard InChI is InChI=1S/C7H11N5OS/c1-12-7(8-3-10-12)11-6(13)5-2-14-4-9-5/h3,5,9H,2,4H2,1H3,(H,8,10,11,13). The summed E-state index contributed by atoms with van der Waals surface area (Å²) < 4.78 is 1.53. The summed E-state index contributed by atoms with van der Waals surface area (Å²) >= 11 is 1.71. The van der Waals surface area contributed by atoms with E-state index in [2.05, 4.69) is 20.7 Å². The lowest BCUT2D eigenvalue weighted by molar-refractivity contribution is -0.117. The molecule has 2 N–H and O–H groups in total. The summed E-state index contributed by atoms with van der Waals surface area (Å²) in [6.45, 7) is 0. The van der Waals surface area contributed by atoms with Crippen molar-refractivity contribution in [2.45, 2.75) is 6.04 Å². The molecule has 1 fully saturated rings. The minimum absolute atomic E-state index is 0.0499. The predicted molar refractivity (Wildman–Crippen MR) is 53.9 cm³/mol. The van der Waals surface area contributed by atoms with Crippen LogP contribution in [0.15, 0.2) is 6.33 Å². The van der Waals surface area contributed by atoms with E-state index in [1.807, 2.05) is 0 Å². The van der Waals surface area contributed by atoms with E-state index in [9.17, 15) is 4.79 Å². The zero-order valence-corrected chi connectivity index (χ0v) is 8.54. The topological polar surface area (TPSA) is 71.8 Å². The van der Waals surface area contributed by atoms with Gasteiger partial charge in [-0.2, -0.15) is 10.1 Å². The number of rotatable bonds is 2. The van der Waals surface area contributed by atoms with Crippen molar-refractivity contribution in [1.29, 1.82) is 0 Å². The number of aryl methyl sites for hydroxylation is 1.